The van der Waals surface area contributed by atoms with Gasteiger partial charge in [-0.1, -0.05) is 13.0 Å². The number of aliphatic hydroxyl groups excluding tert-OH is 1. The number of hydrogen-bond donors (Lipinski definition) is 1. The monoisotopic (exact) mass is 260 g/mol. The van der Waals surface area contributed by atoms with Gasteiger partial charge in [-0.15, -0.1) is 0 Å². The van der Waals surface area contributed by atoms with E-state index >= 15 is 0 Å². The van der Waals surface area contributed by atoms with E-state index in [0.717, 1.165) is 6.42 Å². The molecule has 6 heteroatoms. The van der Waals surface area contributed by atoms with Crippen LogP contribution in [0.2, 0.25) is 0 Å². The van der Waals surface area contributed by atoms with E-state index < -0.39 is 18.0 Å². The highest BCUT2D eigenvalue weighted by molar-refractivity contribution is 5.87. The highest BCUT2D eigenvalue weighted by Gasteiger charge is 2.14. The molecule has 18 heavy (non-hydrogen) atoms. The largest absolute Gasteiger partial charge is 0.507 e. The summed E-state index contributed by atoms with van der Waals surface area (Å²) in [5.74, 6) is -0.893. The van der Waals surface area contributed by atoms with Gasteiger partial charge in [0.15, 0.2) is 0 Å². The zero-order valence-electron chi connectivity index (χ0n) is 11.0. The molecule has 0 rings (SSSR count). The van der Waals surface area contributed by atoms with Crippen molar-refractivity contribution in [3.05, 3.63) is 11.6 Å². The van der Waals surface area contributed by atoms with Crippen molar-refractivity contribution in [3.63, 3.8) is 0 Å². The van der Waals surface area contributed by atoms with Crippen LogP contribution in [0.5, 0.6) is 0 Å². The first-order chi connectivity index (χ1) is 8.54. The first-order valence-corrected chi connectivity index (χ1v) is 5.70. The van der Waals surface area contributed by atoms with Gasteiger partial charge in [0.05, 0.1) is 26.2 Å². The maximum Gasteiger partial charge on any atom is 0.507 e. The molecule has 0 amide bonds. The third kappa shape index (κ3) is 6.90. The van der Waals surface area contributed by atoms with Crippen molar-refractivity contribution in [2.24, 2.45) is 5.92 Å². The number of carbonyl (C=O) groups is 2. The molecule has 0 heterocycles. The van der Waals surface area contributed by atoms with Gasteiger partial charge in [-0.3, -0.25) is 0 Å². The van der Waals surface area contributed by atoms with Gasteiger partial charge >= 0.3 is 12.1 Å². The molecular weight excluding hydrogens is 240 g/mol. The first-order valence-electron chi connectivity index (χ1n) is 5.70. The average Bonchev–Trinajstić information content (AvgIpc) is 2.38. The second-order valence-electron chi connectivity index (χ2n) is 3.71. The van der Waals surface area contributed by atoms with E-state index in [1.807, 2.05) is 6.92 Å². The Balaban J connectivity index is 4.03. The number of aliphatic hydroxyl groups is 1. The van der Waals surface area contributed by atoms with Crippen LogP contribution < -0.4 is 0 Å². The van der Waals surface area contributed by atoms with E-state index in [0.29, 0.717) is 5.57 Å². The average molecular weight is 260 g/mol. The molecule has 0 fully saturated rings. The van der Waals surface area contributed by atoms with Crippen LogP contribution in [0, 0.1) is 5.92 Å². The number of esters is 1. The molecule has 0 saturated heterocycles. The predicted molar refractivity (Wildman–Crippen MR) is 63.9 cm³/mol. The number of carbonyl (C=O) groups excluding carboxylic acids is 2. The molecule has 0 aromatic heterocycles. The van der Waals surface area contributed by atoms with Crippen molar-refractivity contribution in [1.82, 2.24) is 0 Å². The van der Waals surface area contributed by atoms with Crippen molar-refractivity contribution in [1.29, 1.82) is 0 Å². The highest BCUT2D eigenvalue weighted by atomic mass is 16.7. The molecular formula is C12H20O6. The van der Waals surface area contributed by atoms with E-state index in [4.69, 9.17) is 9.84 Å². The van der Waals surface area contributed by atoms with Crippen LogP contribution in [0.3, 0.4) is 0 Å². The SMILES string of the molecule is CC/C=C(\C)C(=O)OCC(CO)COC(=O)OC. The van der Waals surface area contributed by atoms with Crippen molar-refractivity contribution >= 4 is 12.1 Å². The van der Waals surface area contributed by atoms with Crippen molar-refractivity contribution < 1.29 is 28.9 Å². The smallest absolute Gasteiger partial charge is 0.462 e. The maximum absolute atomic E-state index is 11.4. The van der Waals surface area contributed by atoms with Gasteiger partial charge in [-0.25, -0.2) is 9.59 Å². The quantitative estimate of drug-likeness (QED) is 0.548. The minimum absolute atomic E-state index is 0.0127. The van der Waals surface area contributed by atoms with E-state index in [1.165, 1.54) is 7.11 Å². The van der Waals surface area contributed by atoms with Crippen molar-refractivity contribution in [2.75, 3.05) is 26.9 Å². The third-order valence-corrected chi connectivity index (χ3v) is 2.14. The lowest BCUT2D eigenvalue weighted by Crippen LogP contribution is -2.24. The van der Waals surface area contributed by atoms with Crippen LogP contribution in [0.15, 0.2) is 11.6 Å². The van der Waals surface area contributed by atoms with Crippen LogP contribution in [0.1, 0.15) is 20.3 Å². The second kappa shape index (κ2) is 9.47. The Kier molecular flexibility index (Phi) is 8.65. The van der Waals surface area contributed by atoms with Gasteiger partial charge in [0, 0.05) is 5.57 Å². The number of methoxy groups -OCH3 is 1. The molecule has 0 spiro atoms. The summed E-state index contributed by atoms with van der Waals surface area (Å²) in [6.45, 7) is 3.25. The molecule has 0 aromatic rings. The van der Waals surface area contributed by atoms with E-state index in [-0.39, 0.29) is 19.8 Å². The van der Waals surface area contributed by atoms with Crippen LogP contribution in [0.25, 0.3) is 0 Å². The van der Waals surface area contributed by atoms with Crippen LogP contribution in [0.4, 0.5) is 4.79 Å². The summed E-state index contributed by atoms with van der Waals surface area (Å²) in [5, 5.41) is 9.03. The highest BCUT2D eigenvalue weighted by Crippen LogP contribution is 2.03. The standard InChI is InChI=1S/C12H20O6/c1-4-5-9(2)11(14)17-7-10(6-13)8-18-12(15)16-3/h5,10,13H,4,6-8H2,1-3H3/b9-5+. The molecule has 0 saturated carbocycles. The van der Waals surface area contributed by atoms with Crippen LogP contribution in [-0.2, 0) is 19.0 Å². The molecule has 1 unspecified atom stereocenters. The van der Waals surface area contributed by atoms with E-state index in [2.05, 4.69) is 9.47 Å². The van der Waals surface area contributed by atoms with E-state index in [9.17, 15) is 9.59 Å². The summed E-state index contributed by atoms with van der Waals surface area (Å²) >= 11 is 0. The molecule has 1 atom stereocenters. The fourth-order valence-electron chi connectivity index (χ4n) is 1.10. The summed E-state index contributed by atoms with van der Waals surface area (Å²) in [7, 11) is 1.19. The third-order valence-electron chi connectivity index (χ3n) is 2.14. The lowest BCUT2D eigenvalue weighted by atomic mass is 10.2. The van der Waals surface area contributed by atoms with Gasteiger partial charge < -0.3 is 19.3 Å². The Bertz CT molecular complexity index is 297. The van der Waals surface area contributed by atoms with Crippen molar-refractivity contribution in [3.8, 4) is 0 Å². The summed E-state index contributed by atoms with van der Waals surface area (Å²) in [6.07, 6.45) is 1.67. The Morgan fingerprint density at radius 3 is 2.39 bits per heavy atom. The topological polar surface area (TPSA) is 82.1 Å². The molecule has 6 nitrogen and oxygen atoms in total. The number of allylic oxidation sites excluding steroid dienone is 1. The molecule has 0 bridgehead atoms. The zero-order valence-corrected chi connectivity index (χ0v) is 11.0. The van der Waals surface area contributed by atoms with Gasteiger partial charge in [0.25, 0.3) is 0 Å². The second-order valence-corrected chi connectivity index (χ2v) is 3.71. The molecule has 0 aliphatic heterocycles. The number of ether oxygens (including phenoxy) is 3. The molecule has 0 aliphatic carbocycles. The Morgan fingerprint density at radius 2 is 1.89 bits per heavy atom. The summed E-state index contributed by atoms with van der Waals surface area (Å²) in [6, 6.07) is 0. The van der Waals surface area contributed by atoms with Gasteiger partial charge in [-0.2, -0.15) is 0 Å². The van der Waals surface area contributed by atoms with Crippen LogP contribution in [-0.4, -0.2) is 44.2 Å². The minimum Gasteiger partial charge on any atom is -0.462 e. The van der Waals surface area contributed by atoms with Crippen LogP contribution >= 0.6 is 0 Å². The lowest BCUT2D eigenvalue weighted by Gasteiger charge is -2.14. The van der Waals surface area contributed by atoms with Crippen molar-refractivity contribution in [2.45, 2.75) is 20.3 Å². The molecule has 0 aromatic carbocycles. The summed E-state index contributed by atoms with van der Waals surface area (Å²) < 4.78 is 13.9. The first kappa shape index (κ1) is 16.4. The molecule has 1 N–H and O–H groups in total. The zero-order chi connectivity index (χ0) is 14.0. The normalized spacial score (nSPS) is 12.8. The van der Waals surface area contributed by atoms with Gasteiger partial charge in [-0.05, 0) is 13.3 Å². The molecule has 104 valence electrons. The predicted octanol–water partition coefficient (Wildman–Crippen LogP) is 1.28. The number of hydrogen-bond acceptors (Lipinski definition) is 6. The molecule has 0 aliphatic rings. The fraction of sp³-hybridized carbons (Fsp3) is 0.667. The van der Waals surface area contributed by atoms with Gasteiger partial charge in [0.2, 0.25) is 0 Å². The lowest BCUT2D eigenvalue weighted by molar-refractivity contribution is -0.141. The Morgan fingerprint density at radius 1 is 1.28 bits per heavy atom. The number of rotatable bonds is 7. The van der Waals surface area contributed by atoms with Gasteiger partial charge in [0.1, 0.15) is 6.61 Å². The van der Waals surface area contributed by atoms with E-state index in [1.54, 1.807) is 13.0 Å². The summed E-state index contributed by atoms with van der Waals surface area (Å²) in [4.78, 5) is 22.2. The maximum atomic E-state index is 11.4. The fourth-order valence-corrected chi connectivity index (χ4v) is 1.10. The Hall–Kier alpha value is -1.56. The Labute approximate surface area is 107 Å². The molecule has 0 radical (unpaired) electrons. The minimum atomic E-state index is -0.832. The summed E-state index contributed by atoms with van der Waals surface area (Å²) in [5.41, 5.74) is 0.517.